The molecule has 0 aliphatic rings. The fourth-order valence-electron chi connectivity index (χ4n) is 3.77. The van der Waals surface area contributed by atoms with Gasteiger partial charge in [0.25, 0.3) is 0 Å². The van der Waals surface area contributed by atoms with Gasteiger partial charge in [-0.2, -0.15) is 0 Å². The molecule has 0 saturated heterocycles. The maximum atomic E-state index is 13.4. The van der Waals surface area contributed by atoms with E-state index in [0.29, 0.717) is 11.8 Å². The lowest BCUT2D eigenvalue weighted by Gasteiger charge is -2.22. The van der Waals surface area contributed by atoms with Gasteiger partial charge in [-0.15, -0.1) is 0 Å². The molecule has 3 aromatic carbocycles. The average molecular weight is 510 g/mol. The van der Waals surface area contributed by atoms with E-state index in [4.69, 9.17) is 4.74 Å². The molecule has 0 heterocycles. The normalized spacial score (nSPS) is 12.2. The Morgan fingerprint density at radius 3 is 2.16 bits per heavy atom. The number of carbonyl (C=O) groups excluding carboxylic acids is 3. The van der Waals surface area contributed by atoms with Crippen LogP contribution in [0.15, 0.2) is 72.8 Å². The smallest absolute Gasteiger partial charge is 0.243 e. The zero-order chi connectivity index (χ0) is 26.8. The van der Waals surface area contributed by atoms with E-state index in [1.807, 2.05) is 48.5 Å². The van der Waals surface area contributed by atoms with E-state index in [0.717, 1.165) is 23.3 Å². The highest BCUT2D eigenvalue weighted by Gasteiger charge is 2.25. The summed E-state index contributed by atoms with van der Waals surface area (Å²) in [5, 5.41) is 8.03. The fraction of sp³-hybridized carbons (Fsp3) is 0.250. The van der Waals surface area contributed by atoms with Crippen molar-refractivity contribution in [3.05, 3.63) is 101 Å². The van der Waals surface area contributed by atoms with Gasteiger partial charge in [0, 0.05) is 24.6 Å². The van der Waals surface area contributed by atoms with Crippen LogP contribution < -0.4 is 20.7 Å². The lowest BCUT2D eigenvalue weighted by Crippen LogP contribution is -2.53. The minimum atomic E-state index is -0.994. The van der Waals surface area contributed by atoms with E-state index >= 15 is 0 Å². The molecule has 0 spiro atoms. The van der Waals surface area contributed by atoms with Gasteiger partial charge in [0.05, 0.1) is 13.5 Å². The molecule has 0 aliphatic carbocycles. The molecule has 3 aromatic rings. The first kappa shape index (κ1) is 27.3. The third-order valence-corrected chi connectivity index (χ3v) is 5.62. The molecule has 7 nitrogen and oxygen atoms in total. The summed E-state index contributed by atoms with van der Waals surface area (Å²) >= 11 is 0. The van der Waals surface area contributed by atoms with Crippen LogP contribution in [-0.4, -0.2) is 36.9 Å². The summed E-state index contributed by atoms with van der Waals surface area (Å²) in [5.74, 6) is -2.54. The first-order valence-corrected chi connectivity index (χ1v) is 11.7. The van der Waals surface area contributed by atoms with Crippen molar-refractivity contribution >= 4 is 17.7 Å². The molecule has 0 bridgehead atoms. The van der Waals surface area contributed by atoms with E-state index in [1.54, 1.807) is 13.2 Å². The van der Waals surface area contributed by atoms with Crippen LogP contribution >= 0.6 is 0 Å². The van der Waals surface area contributed by atoms with Crippen molar-refractivity contribution in [2.45, 2.75) is 38.4 Å². The topological polar surface area (TPSA) is 96.5 Å². The number of para-hydroxylation sites is 1. The maximum Gasteiger partial charge on any atom is 0.243 e. The molecule has 3 N–H and O–H groups in total. The first-order valence-electron chi connectivity index (χ1n) is 11.7. The number of ether oxygens (including phenoxy) is 1. The summed E-state index contributed by atoms with van der Waals surface area (Å²) in [6, 6.07) is 17.4. The SMILES string of the molecule is COc1ccccc1CNC(=O)[C@H](Cc1ccccc1)NC(=O)[C@H](C)NC(=O)Cc1cc(F)cc(F)c1. The fourth-order valence-corrected chi connectivity index (χ4v) is 3.77. The number of benzene rings is 3. The van der Waals surface area contributed by atoms with Gasteiger partial charge >= 0.3 is 0 Å². The number of hydrogen-bond acceptors (Lipinski definition) is 4. The highest BCUT2D eigenvalue weighted by atomic mass is 19.1. The second kappa shape index (κ2) is 13.2. The maximum absolute atomic E-state index is 13.4. The number of rotatable bonds is 11. The number of amides is 3. The molecular formula is C28H29F2N3O4. The molecule has 0 radical (unpaired) electrons. The van der Waals surface area contributed by atoms with Gasteiger partial charge in [-0.05, 0) is 36.2 Å². The predicted octanol–water partition coefficient (Wildman–Crippen LogP) is 3.06. The summed E-state index contributed by atoms with van der Waals surface area (Å²) in [6.45, 7) is 1.66. The number of nitrogens with one attached hydrogen (secondary N) is 3. The molecule has 0 unspecified atom stereocenters. The zero-order valence-electron chi connectivity index (χ0n) is 20.6. The van der Waals surface area contributed by atoms with Crippen molar-refractivity contribution in [1.29, 1.82) is 0 Å². The van der Waals surface area contributed by atoms with E-state index in [1.165, 1.54) is 6.92 Å². The Morgan fingerprint density at radius 1 is 0.838 bits per heavy atom. The molecule has 194 valence electrons. The third kappa shape index (κ3) is 8.42. The summed E-state index contributed by atoms with van der Waals surface area (Å²) in [4.78, 5) is 38.3. The molecule has 3 amide bonds. The monoisotopic (exact) mass is 509 g/mol. The van der Waals surface area contributed by atoms with Crippen molar-refractivity contribution in [3.63, 3.8) is 0 Å². The molecule has 3 rings (SSSR count). The van der Waals surface area contributed by atoms with Gasteiger partial charge in [-0.25, -0.2) is 8.78 Å². The van der Waals surface area contributed by atoms with Crippen LogP contribution in [-0.2, 0) is 33.8 Å². The third-order valence-electron chi connectivity index (χ3n) is 5.62. The second-order valence-electron chi connectivity index (χ2n) is 8.52. The van der Waals surface area contributed by atoms with Crippen LogP contribution in [0, 0.1) is 11.6 Å². The highest BCUT2D eigenvalue weighted by Crippen LogP contribution is 2.17. The zero-order valence-corrected chi connectivity index (χ0v) is 20.6. The van der Waals surface area contributed by atoms with Gasteiger partial charge in [0.2, 0.25) is 17.7 Å². The minimum absolute atomic E-state index is 0.139. The second-order valence-corrected chi connectivity index (χ2v) is 8.52. The molecule has 9 heteroatoms. The van der Waals surface area contributed by atoms with Gasteiger partial charge in [-0.1, -0.05) is 48.5 Å². The predicted molar refractivity (Wildman–Crippen MR) is 135 cm³/mol. The van der Waals surface area contributed by atoms with Crippen LogP contribution in [0.25, 0.3) is 0 Å². The Hall–Kier alpha value is -4.27. The van der Waals surface area contributed by atoms with E-state index in [-0.39, 0.29) is 24.9 Å². The van der Waals surface area contributed by atoms with Gasteiger partial charge in [-0.3, -0.25) is 14.4 Å². The van der Waals surface area contributed by atoms with Crippen LogP contribution in [0.2, 0.25) is 0 Å². The minimum Gasteiger partial charge on any atom is -0.496 e. The van der Waals surface area contributed by atoms with Crippen molar-refractivity contribution in [2.24, 2.45) is 0 Å². The summed E-state index contributed by atoms with van der Waals surface area (Å²) < 4.78 is 32.1. The first-order chi connectivity index (χ1) is 17.7. The van der Waals surface area contributed by atoms with Gasteiger partial charge in [0.1, 0.15) is 29.5 Å². The van der Waals surface area contributed by atoms with Crippen molar-refractivity contribution in [2.75, 3.05) is 7.11 Å². The average Bonchev–Trinajstić information content (AvgIpc) is 2.86. The summed E-state index contributed by atoms with van der Waals surface area (Å²) in [7, 11) is 1.54. The number of methoxy groups -OCH3 is 1. The Kier molecular flexibility index (Phi) is 9.71. The van der Waals surface area contributed by atoms with Crippen molar-refractivity contribution in [3.8, 4) is 5.75 Å². The Bertz CT molecular complexity index is 1220. The Labute approximate surface area is 214 Å². The molecule has 0 fully saturated rings. The molecule has 0 aromatic heterocycles. The van der Waals surface area contributed by atoms with Crippen LogP contribution in [0.5, 0.6) is 5.75 Å². The molecule has 0 saturated carbocycles. The lowest BCUT2D eigenvalue weighted by atomic mass is 10.0. The lowest BCUT2D eigenvalue weighted by molar-refractivity contribution is -0.131. The van der Waals surface area contributed by atoms with Crippen LogP contribution in [0.3, 0.4) is 0 Å². The molecule has 37 heavy (non-hydrogen) atoms. The summed E-state index contributed by atoms with van der Waals surface area (Å²) in [5.41, 5.74) is 1.75. The number of halogens is 2. The molecular weight excluding hydrogens is 480 g/mol. The quantitative estimate of drug-likeness (QED) is 0.370. The Balaban J connectivity index is 1.64. The van der Waals surface area contributed by atoms with E-state index in [2.05, 4.69) is 16.0 Å². The number of carbonyl (C=O) groups is 3. The van der Waals surface area contributed by atoms with E-state index < -0.39 is 41.4 Å². The van der Waals surface area contributed by atoms with Crippen LogP contribution in [0.1, 0.15) is 23.6 Å². The van der Waals surface area contributed by atoms with Gasteiger partial charge in [0.15, 0.2) is 0 Å². The largest absolute Gasteiger partial charge is 0.496 e. The standard InChI is InChI=1S/C28H29F2N3O4/c1-18(32-26(34)15-20-12-22(29)16-23(30)13-20)27(35)33-24(14-19-8-4-3-5-9-19)28(36)31-17-21-10-6-7-11-25(21)37-2/h3-13,16,18,24H,14-15,17H2,1-2H3,(H,31,36)(H,32,34)(H,33,35)/t18-,24-/m0/s1. The Morgan fingerprint density at radius 2 is 1.49 bits per heavy atom. The van der Waals surface area contributed by atoms with E-state index in [9.17, 15) is 23.2 Å². The van der Waals surface area contributed by atoms with Crippen molar-refractivity contribution in [1.82, 2.24) is 16.0 Å². The molecule has 0 aliphatic heterocycles. The van der Waals surface area contributed by atoms with Crippen molar-refractivity contribution < 1.29 is 27.9 Å². The number of hydrogen-bond donors (Lipinski definition) is 3. The highest BCUT2D eigenvalue weighted by molar-refractivity contribution is 5.92. The van der Waals surface area contributed by atoms with Gasteiger partial charge < -0.3 is 20.7 Å². The molecule has 2 atom stereocenters. The van der Waals surface area contributed by atoms with Crippen LogP contribution in [0.4, 0.5) is 8.78 Å². The summed E-state index contributed by atoms with van der Waals surface area (Å²) in [6.07, 6.45) is -0.0767.